The van der Waals surface area contributed by atoms with E-state index in [4.69, 9.17) is 32.4 Å². The van der Waals surface area contributed by atoms with Crippen LogP contribution in [0.4, 0.5) is 0 Å². The Morgan fingerprint density at radius 2 is 2.06 bits per heavy atom. The van der Waals surface area contributed by atoms with E-state index in [-0.39, 0.29) is 12.2 Å². The Morgan fingerprint density at radius 1 is 1.23 bits per heavy atom. The summed E-state index contributed by atoms with van der Waals surface area (Å²) in [5.74, 6) is 0.541. The van der Waals surface area contributed by atoms with Gasteiger partial charge in [0, 0.05) is 16.5 Å². The molecule has 6 nitrogen and oxygen atoms in total. The molecule has 0 amide bonds. The predicted molar refractivity (Wildman–Crippen MR) is 139 cm³/mol. The second-order valence-electron chi connectivity index (χ2n) is 7.62. The van der Waals surface area contributed by atoms with E-state index in [1.54, 1.807) is 48.8 Å². The monoisotopic (exact) mass is 544 g/mol. The maximum atomic E-state index is 13.6. The van der Waals surface area contributed by atoms with Crippen LogP contribution >= 0.6 is 45.9 Å². The number of thiazole rings is 1. The van der Waals surface area contributed by atoms with E-state index in [0.717, 1.165) is 4.88 Å². The van der Waals surface area contributed by atoms with Gasteiger partial charge in [-0.05, 0) is 49.6 Å². The van der Waals surface area contributed by atoms with E-state index in [9.17, 15) is 9.59 Å². The minimum Gasteiger partial charge on any atom is -0.463 e. The number of carbonyl (C=O) groups is 1. The molecule has 0 saturated carbocycles. The molecular weight excluding hydrogens is 527 g/mol. The molecule has 4 heterocycles. The molecule has 3 aromatic heterocycles. The maximum absolute atomic E-state index is 13.6. The topological polar surface area (TPSA) is 73.8 Å². The lowest BCUT2D eigenvalue weighted by atomic mass is 10.0. The third-order valence-corrected chi connectivity index (χ3v) is 8.17. The molecular formula is C25H18Cl2N2O4S2. The molecule has 1 atom stereocenters. The number of hydrogen-bond donors (Lipinski definition) is 0. The van der Waals surface area contributed by atoms with E-state index >= 15 is 0 Å². The van der Waals surface area contributed by atoms with E-state index in [1.165, 1.54) is 22.7 Å². The highest BCUT2D eigenvalue weighted by Gasteiger charge is 2.33. The zero-order chi connectivity index (χ0) is 24.7. The second kappa shape index (κ2) is 9.62. The molecule has 1 aliphatic rings. The Hall–Kier alpha value is -2.91. The van der Waals surface area contributed by atoms with Crippen molar-refractivity contribution in [1.29, 1.82) is 0 Å². The largest absolute Gasteiger partial charge is 0.463 e. The summed E-state index contributed by atoms with van der Waals surface area (Å²) in [6.07, 6.45) is 1.67. The van der Waals surface area contributed by atoms with Gasteiger partial charge in [0.15, 0.2) is 4.80 Å². The Balaban J connectivity index is 1.62. The molecule has 0 N–H and O–H groups in total. The van der Waals surface area contributed by atoms with Crippen LogP contribution in [0.1, 0.15) is 30.5 Å². The maximum Gasteiger partial charge on any atom is 0.338 e. The molecule has 1 aliphatic heterocycles. The first-order valence-electron chi connectivity index (χ1n) is 10.7. The van der Waals surface area contributed by atoms with E-state index < -0.39 is 12.0 Å². The summed E-state index contributed by atoms with van der Waals surface area (Å²) in [5.41, 5.74) is 1.29. The van der Waals surface area contributed by atoms with Gasteiger partial charge in [-0.1, -0.05) is 46.7 Å². The van der Waals surface area contributed by atoms with Gasteiger partial charge in [-0.25, -0.2) is 9.79 Å². The quantitative estimate of drug-likeness (QED) is 0.314. The molecule has 0 bridgehead atoms. The summed E-state index contributed by atoms with van der Waals surface area (Å²) < 4.78 is 13.2. The molecule has 10 heteroatoms. The van der Waals surface area contributed by atoms with Crippen LogP contribution in [0, 0.1) is 0 Å². The number of hydrogen-bond acceptors (Lipinski definition) is 7. The van der Waals surface area contributed by atoms with Gasteiger partial charge < -0.3 is 9.15 Å². The zero-order valence-corrected chi connectivity index (χ0v) is 21.7. The molecule has 35 heavy (non-hydrogen) atoms. The average Bonchev–Trinajstić information content (AvgIpc) is 3.57. The average molecular weight is 545 g/mol. The zero-order valence-electron chi connectivity index (χ0n) is 18.6. The van der Waals surface area contributed by atoms with Gasteiger partial charge in [-0.2, -0.15) is 0 Å². The first-order valence-corrected chi connectivity index (χ1v) is 13.1. The van der Waals surface area contributed by atoms with Crippen LogP contribution in [0.5, 0.6) is 0 Å². The number of halogens is 2. The molecule has 0 saturated heterocycles. The summed E-state index contributed by atoms with van der Waals surface area (Å²) in [7, 11) is 0. The number of carbonyl (C=O) groups excluding carboxylic acids is 1. The van der Waals surface area contributed by atoms with Crippen molar-refractivity contribution < 1.29 is 13.9 Å². The smallest absolute Gasteiger partial charge is 0.338 e. The standard InChI is InChI=1S/C25H18Cl2N2O4S2/c1-3-32-24(31)20-13(2)28-25-29(22(20)18-8-5-11-34-18)23(30)19(35-25)12-14-9-10-17(33-14)15-6-4-7-16(26)21(15)27/h4-12,22H,3H2,1-2H3. The molecule has 5 rings (SSSR count). The fourth-order valence-corrected chi connectivity index (χ4v) is 6.15. The normalized spacial score (nSPS) is 15.8. The Labute approximate surface area is 218 Å². The number of fused-ring (bicyclic) bond motifs is 1. The van der Waals surface area contributed by atoms with Crippen LogP contribution < -0.4 is 14.9 Å². The van der Waals surface area contributed by atoms with Gasteiger partial charge in [0.1, 0.15) is 17.6 Å². The number of benzene rings is 1. The van der Waals surface area contributed by atoms with Crippen LogP contribution in [-0.4, -0.2) is 17.1 Å². The second-order valence-corrected chi connectivity index (χ2v) is 10.4. The first-order chi connectivity index (χ1) is 16.9. The highest BCUT2D eigenvalue weighted by Crippen LogP contribution is 2.35. The summed E-state index contributed by atoms with van der Waals surface area (Å²) in [5, 5.41) is 2.73. The van der Waals surface area contributed by atoms with Gasteiger partial charge >= 0.3 is 5.97 Å². The Kier molecular flexibility index (Phi) is 6.55. The fraction of sp³-hybridized carbons (Fsp3) is 0.160. The number of esters is 1. The third kappa shape index (κ3) is 4.31. The van der Waals surface area contributed by atoms with Crippen molar-refractivity contribution in [2.75, 3.05) is 6.61 Å². The molecule has 0 radical (unpaired) electrons. The number of furan rings is 1. The molecule has 0 spiro atoms. The minimum absolute atomic E-state index is 0.231. The van der Waals surface area contributed by atoms with Crippen molar-refractivity contribution in [3.05, 3.63) is 99.5 Å². The lowest BCUT2D eigenvalue weighted by Crippen LogP contribution is -2.39. The van der Waals surface area contributed by atoms with Gasteiger partial charge in [-0.3, -0.25) is 9.36 Å². The van der Waals surface area contributed by atoms with Crippen molar-refractivity contribution in [1.82, 2.24) is 4.57 Å². The minimum atomic E-state index is -0.607. The van der Waals surface area contributed by atoms with Crippen molar-refractivity contribution >= 4 is 57.9 Å². The van der Waals surface area contributed by atoms with Crippen LogP contribution in [0.15, 0.2) is 73.3 Å². The lowest BCUT2D eigenvalue weighted by Gasteiger charge is -2.23. The van der Waals surface area contributed by atoms with Crippen molar-refractivity contribution in [3.63, 3.8) is 0 Å². The summed E-state index contributed by atoms with van der Waals surface area (Å²) in [6.45, 7) is 3.74. The van der Waals surface area contributed by atoms with Gasteiger partial charge in [0.2, 0.25) is 0 Å². The number of allylic oxidation sites excluding steroid dienone is 1. The molecule has 4 aromatic rings. The third-order valence-electron chi connectivity index (χ3n) is 5.45. The van der Waals surface area contributed by atoms with Gasteiger partial charge in [0.05, 0.1) is 32.5 Å². The SMILES string of the molecule is CCOC(=O)C1=C(C)N=c2sc(=Cc3ccc(-c4cccc(Cl)c4Cl)o3)c(=O)n2C1c1cccs1. The molecule has 0 fully saturated rings. The number of ether oxygens (including phenoxy) is 1. The lowest BCUT2D eigenvalue weighted by molar-refractivity contribution is -0.139. The fourth-order valence-electron chi connectivity index (χ4n) is 3.91. The van der Waals surface area contributed by atoms with E-state index in [0.29, 0.717) is 47.7 Å². The number of rotatable bonds is 5. The Morgan fingerprint density at radius 3 is 2.80 bits per heavy atom. The highest BCUT2D eigenvalue weighted by atomic mass is 35.5. The molecule has 1 unspecified atom stereocenters. The van der Waals surface area contributed by atoms with Crippen molar-refractivity contribution in [2.24, 2.45) is 4.99 Å². The summed E-state index contributed by atoms with van der Waals surface area (Å²) in [6, 6.07) is 12.0. The number of thiophene rings is 1. The Bertz CT molecular complexity index is 1640. The van der Waals surface area contributed by atoms with Crippen LogP contribution in [0.2, 0.25) is 10.0 Å². The summed E-state index contributed by atoms with van der Waals surface area (Å²) in [4.78, 5) is 32.3. The van der Waals surface area contributed by atoms with Gasteiger partial charge in [-0.15, -0.1) is 11.3 Å². The molecule has 0 aliphatic carbocycles. The van der Waals surface area contributed by atoms with Gasteiger partial charge in [0.25, 0.3) is 5.56 Å². The van der Waals surface area contributed by atoms with Crippen LogP contribution in [-0.2, 0) is 9.53 Å². The van der Waals surface area contributed by atoms with Crippen LogP contribution in [0.3, 0.4) is 0 Å². The van der Waals surface area contributed by atoms with Crippen LogP contribution in [0.25, 0.3) is 17.4 Å². The van der Waals surface area contributed by atoms with E-state index in [1.807, 2.05) is 23.6 Å². The summed E-state index contributed by atoms with van der Waals surface area (Å²) >= 11 is 15.2. The van der Waals surface area contributed by atoms with E-state index in [2.05, 4.69) is 4.99 Å². The highest BCUT2D eigenvalue weighted by molar-refractivity contribution is 7.10. The van der Waals surface area contributed by atoms with Crippen molar-refractivity contribution in [2.45, 2.75) is 19.9 Å². The molecule has 178 valence electrons. The first kappa shape index (κ1) is 23.8. The molecule has 1 aromatic carbocycles. The van der Waals surface area contributed by atoms with Crippen molar-refractivity contribution in [3.8, 4) is 11.3 Å². The predicted octanol–water partition coefficient (Wildman–Crippen LogP) is 5.43. The number of nitrogens with zero attached hydrogens (tertiary/aromatic N) is 2. The number of aromatic nitrogens is 1.